The molecule has 2 amide bonds. The van der Waals surface area contributed by atoms with Crippen molar-refractivity contribution in [2.24, 2.45) is 5.10 Å². The van der Waals surface area contributed by atoms with Crippen molar-refractivity contribution in [2.75, 3.05) is 31.5 Å². The number of unbranched alkanes of at least 4 members (excludes halogenated alkanes) is 1. The highest BCUT2D eigenvalue weighted by Gasteiger charge is 2.23. The minimum atomic E-state index is -0.509. The number of hydrogen-bond donors (Lipinski definition) is 2. The van der Waals surface area contributed by atoms with Crippen molar-refractivity contribution in [1.82, 2.24) is 15.2 Å². The molecule has 0 radical (unpaired) electrons. The molecule has 3 aromatic carbocycles. The van der Waals surface area contributed by atoms with Crippen LogP contribution in [0, 0.1) is 5.82 Å². The number of likely N-dealkylation sites (tertiary alicyclic amines) is 1. The van der Waals surface area contributed by atoms with Crippen molar-refractivity contribution in [3.05, 3.63) is 99.3 Å². The van der Waals surface area contributed by atoms with E-state index in [1.165, 1.54) is 56.1 Å². The number of carbonyl (C=O) groups is 2. The molecule has 1 aliphatic rings. The summed E-state index contributed by atoms with van der Waals surface area (Å²) in [5.41, 5.74) is 5.22. The Kier molecular flexibility index (Phi) is 11.8. The summed E-state index contributed by atoms with van der Waals surface area (Å²) < 4.78 is 14.1. The van der Waals surface area contributed by atoms with Gasteiger partial charge in [0.05, 0.1) is 17.5 Å². The van der Waals surface area contributed by atoms with E-state index in [0.717, 1.165) is 26.2 Å². The smallest absolute Gasteiger partial charge is 0.273 e. The van der Waals surface area contributed by atoms with E-state index in [2.05, 4.69) is 55.4 Å². The Bertz CT molecular complexity index is 1370. The number of amides is 2. The summed E-state index contributed by atoms with van der Waals surface area (Å²) in [6, 6.07) is 19.2. The van der Waals surface area contributed by atoms with Gasteiger partial charge < -0.3 is 10.2 Å². The van der Waals surface area contributed by atoms with Gasteiger partial charge in [-0.1, -0.05) is 60.5 Å². The number of benzene rings is 3. The number of nitrogens with one attached hydrogen (secondary N) is 2. The number of carbonyl (C=O) groups excluding carboxylic acids is 2. The molecule has 2 N–H and O–H groups in total. The van der Waals surface area contributed by atoms with Crippen molar-refractivity contribution < 1.29 is 14.0 Å². The number of hydrogen-bond acceptors (Lipinski definition) is 5. The molecule has 9 heteroatoms. The second-order valence-corrected chi connectivity index (χ2v) is 11.5. The second kappa shape index (κ2) is 15.7. The summed E-state index contributed by atoms with van der Waals surface area (Å²) in [6.07, 6.45) is 6.23. The monoisotopic (exact) mass is 635 g/mol. The summed E-state index contributed by atoms with van der Waals surface area (Å²) in [5.74, 6) is -1.21. The highest BCUT2D eigenvalue weighted by Crippen LogP contribution is 2.23. The molecule has 7 nitrogen and oxygen atoms in total. The number of rotatable bonds is 12. The zero-order valence-corrected chi connectivity index (χ0v) is 25.9. The van der Waals surface area contributed by atoms with Crippen molar-refractivity contribution in [3.8, 4) is 0 Å². The molecule has 0 bridgehead atoms. The van der Waals surface area contributed by atoms with E-state index in [1.54, 1.807) is 30.3 Å². The van der Waals surface area contributed by atoms with Crippen LogP contribution in [0.2, 0.25) is 0 Å². The maximum atomic E-state index is 13.4. The molecule has 1 saturated heterocycles. The predicted octanol–water partition coefficient (Wildman–Crippen LogP) is 6.69. The third-order valence-corrected chi connectivity index (χ3v) is 8.10. The third-order valence-electron chi connectivity index (χ3n) is 7.60. The summed E-state index contributed by atoms with van der Waals surface area (Å²) >= 11 is 3.38. The van der Waals surface area contributed by atoms with Crippen LogP contribution in [0.5, 0.6) is 0 Å². The number of halogens is 2. The van der Waals surface area contributed by atoms with Gasteiger partial charge in [0.1, 0.15) is 5.82 Å². The first-order chi connectivity index (χ1) is 20.4. The molecule has 4 rings (SSSR count). The molecule has 42 heavy (non-hydrogen) atoms. The summed E-state index contributed by atoms with van der Waals surface area (Å²) in [4.78, 5) is 31.1. The zero-order chi connectivity index (χ0) is 29.9. The number of hydrazone groups is 1. The van der Waals surface area contributed by atoms with Crippen molar-refractivity contribution in [3.63, 3.8) is 0 Å². The van der Waals surface area contributed by atoms with Crippen molar-refractivity contribution in [2.45, 2.75) is 52.1 Å². The van der Waals surface area contributed by atoms with E-state index in [4.69, 9.17) is 0 Å². The first kappa shape index (κ1) is 31.5. The van der Waals surface area contributed by atoms with Gasteiger partial charge in [-0.05, 0) is 99.0 Å². The van der Waals surface area contributed by atoms with Gasteiger partial charge >= 0.3 is 0 Å². The second-order valence-electron chi connectivity index (χ2n) is 10.6. The molecule has 0 unspecified atom stereocenters. The van der Waals surface area contributed by atoms with Gasteiger partial charge in [-0.3, -0.25) is 14.5 Å². The standard InChI is InChI=1S/C33H39BrFN5O2/c1-3-5-17-40(4-2)29-15-18-39(19-16-29)23-24-9-11-26(12-10-24)32(41)37-31-14-13-27(34)21-30(31)33(42)38-36-22-25-7-6-8-28(35)20-25/h6-14,20-22,29H,3-5,15-19,23H2,1-2H3,(H,37,41)(H,38,42)/b36-22+. The van der Waals surface area contributed by atoms with E-state index in [-0.39, 0.29) is 11.5 Å². The first-order valence-corrected chi connectivity index (χ1v) is 15.4. The Morgan fingerprint density at radius 1 is 1.05 bits per heavy atom. The van der Waals surface area contributed by atoms with E-state index >= 15 is 0 Å². The molecule has 1 heterocycles. The largest absolute Gasteiger partial charge is 0.321 e. The third kappa shape index (κ3) is 9.05. The van der Waals surface area contributed by atoms with Crippen LogP contribution in [0.3, 0.4) is 0 Å². The van der Waals surface area contributed by atoms with Crippen LogP contribution in [-0.4, -0.2) is 60.0 Å². The lowest BCUT2D eigenvalue weighted by molar-refractivity contribution is 0.0956. The Morgan fingerprint density at radius 2 is 1.81 bits per heavy atom. The summed E-state index contributed by atoms with van der Waals surface area (Å²) in [5, 5.41) is 6.78. The average molecular weight is 637 g/mol. The van der Waals surface area contributed by atoms with Crippen LogP contribution in [0.4, 0.5) is 10.1 Å². The Morgan fingerprint density at radius 3 is 2.50 bits per heavy atom. The van der Waals surface area contributed by atoms with Crippen molar-refractivity contribution in [1.29, 1.82) is 0 Å². The number of anilines is 1. The minimum Gasteiger partial charge on any atom is -0.321 e. The van der Waals surface area contributed by atoms with Gasteiger partial charge in [-0.15, -0.1) is 0 Å². The molecule has 0 atom stereocenters. The molecule has 0 aliphatic carbocycles. The summed E-state index contributed by atoms with van der Waals surface area (Å²) in [7, 11) is 0. The fraction of sp³-hybridized carbons (Fsp3) is 0.364. The summed E-state index contributed by atoms with van der Waals surface area (Å²) in [6.45, 7) is 9.84. The zero-order valence-electron chi connectivity index (χ0n) is 24.3. The molecule has 0 spiro atoms. The Balaban J connectivity index is 1.32. The van der Waals surface area contributed by atoms with Crippen LogP contribution in [-0.2, 0) is 6.54 Å². The topological polar surface area (TPSA) is 77.0 Å². The fourth-order valence-electron chi connectivity index (χ4n) is 5.24. The molecule has 222 valence electrons. The fourth-order valence-corrected chi connectivity index (χ4v) is 5.60. The van der Waals surface area contributed by atoms with Gasteiger partial charge in [-0.2, -0.15) is 5.10 Å². The highest BCUT2D eigenvalue weighted by molar-refractivity contribution is 9.10. The molecule has 1 fully saturated rings. The molecule has 0 aromatic heterocycles. The quantitative estimate of drug-likeness (QED) is 0.172. The predicted molar refractivity (Wildman–Crippen MR) is 170 cm³/mol. The van der Waals surface area contributed by atoms with E-state index < -0.39 is 11.7 Å². The highest BCUT2D eigenvalue weighted by atomic mass is 79.9. The van der Waals surface area contributed by atoms with Crippen molar-refractivity contribution >= 4 is 39.6 Å². The molecule has 3 aromatic rings. The van der Waals surface area contributed by atoms with Gasteiger partial charge in [0.2, 0.25) is 0 Å². The van der Waals surface area contributed by atoms with Gasteiger partial charge in [0.25, 0.3) is 11.8 Å². The molecular weight excluding hydrogens is 597 g/mol. The number of nitrogens with zero attached hydrogens (tertiary/aromatic N) is 3. The van der Waals surface area contributed by atoms with Crippen LogP contribution in [0.15, 0.2) is 76.3 Å². The van der Waals surface area contributed by atoms with E-state index in [0.29, 0.717) is 27.3 Å². The normalized spacial score (nSPS) is 14.4. The van der Waals surface area contributed by atoms with Crippen LogP contribution < -0.4 is 10.7 Å². The lowest BCUT2D eigenvalue weighted by Crippen LogP contribution is -2.44. The van der Waals surface area contributed by atoms with Gasteiger partial charge in [-0.25, -0.2) is 9.82 Å². The number of piperidine rings is 1. The van der Waals surface area contributed by atoms with Crippen LogP contribution in [0.25, 0.3) is 0 Å². The van der Waals surface area contributed by atoms with Crippen LogP contribution in [0.1, 0.15) is 71.4 Å². The minimum absolute atomic E-state index is 0.241. The Hall–Kier alpha value is -3.40. The Labute approximate surface area is 256 Å². The maximum Gasteiger partial charge on any atom is 0.273 e. The van der Waals surface area contributed by atoms with Gasteiger partial charge in [0, 0.05) is 22.6 Å². The van der Waals surface area contributed by atoms with Gasteiger partial charge in [0.15, 0.2) is 0 Å². The van der Waals surface area contributed by atoms with Crippen LogP contribution >= 0.6 is 15.9 Å². The molecular formula is C33H39BrFN5O2. The first-order valence-electron chi connectivity index (χ1n) is 14.6. The lowest BCUT2D eigenvalue weighted by Gasteiger charge is -2.38. The average Bonchev–Trinajstić information content (AvgIpc) is 2.99. The molecule has 1 aliphatic heterocycles. The van der Waals surface area contributed by atoms with E-state index in [9.17, 15) is 14.0 Å². The van der Waals surface area contributed by atoms with E-state index in [1.807, 2.05) is 24.3 Å². The maximum absolute atomic E-state index is 13.4. The lowest BCUT2D eigenvalue weighted by atomic mass is 10.0. The molecule has 0 saturated carbocycles. The SMILES string of the molecule is CCCCN(CC)C1CCN(Cc2ccc(C(=O)Nc3ccc(Br)cc3C(=O)N/N=C/c3cccc(F)c3)cc2)CC1.